The fraction of sp³-hybridized carbons (Fsp3) is 0.368. The van der Waals surface area contributed by atoms with E-state index < -0.39 is 21.4 Å². The van der Waals surface area contributed by atoms with Crippen molar-refractivity contribution < 1.29 is 17.9 Å². The van der Waals surface area contributed by atoms with Gasteiger partial charge in [0.15, 0.2) is 5.84 Å². The Morgan fingerprint density at radius 1 is 1.30 bits per heavy atom. The van der Waals surface area contributed by atoms with Crippen LogP contribution in [-0.2, 0) is 0 Å². The first kappa shape index (κ1) is 21.3. The van der Waals surface area contributed by atoms with Gasteiger partial charge in [0, 0.05) is 25.9 Å². The maximum Gasteiger partial charge on any atom is 0.289 e. The number of nitrogens with zero attached hydrogens (tertiary/aromatic N) is 3. The number of aliphatic imine (C=N–C) groups is 2. The van der Waals surface area contributed by atoms with Gasteiger partial charge in [-0.25, -0.2) is 13.8 Å². The van der Waals surface area contributed by atoms with Crippen molar-refractivity contribution in [1.29, 1.82) is 0 Å². The molecule has 2 rings (SSSR count). The van der Waals surface area contributed by atoms with Crippen molar-refractivity contribution in [2.45, 2.75) is 24.6 Å². The van der Waals surface area contributed by atoms with Crippen LogP contribution >= 0.6 is 10.6 Å². The third kappa shape index (κ3) is 4.12. The molecule has 0 aromatic heterocycles. The SMILES string of the molecule is C/C=C\C=C/C(=NC)C1=NC(C(C)(F)F)(S(C)(O)O)CN1c1ccccc1. The molecule has 2 N–H and O–H groups in total. The van der Waals surface area contributed by atoms with Gasteiger partial charge in [-0.1, -0.05) is 36.4 Å². The van der Waals surface area contributed by atoms with E-state index in [2.05, 4.69) is 9.98 Å². The van der Waals surface area contributed by atoms with Crippen LogP contribution in [0.5, 0.6) is 0 Å². The van der Waals surface area contributed by atoms with Crippen LogP contribution in [0.2, 0.25) is 0 Å². The second-order valence-corrected chi connectivity index (χ2v) is 8.70. The predicted molar refractivity (Wildman–Crippen MR) is 111 cm³/mol. The molecule has 1 atom stereocenters. The molecule has 0 aliphatic carbocycles. The van der Waals surface area contributed by atoms with E-state index in [1.54, 1.807) is 47.4 Å². The quantitative estimate of drug-likeness (QED) is 0.533. The molecule has 0 fully saturated rings. The highest BCUT2D eigenvalue weighted by Crippen LogP contribution is 2.59. The Balaban J connectivity index is 2.67. The van der Waals surface area contributed by atoms with Gasteiger partial charge in [-0.15, -0.1) is 0 Å². The van der Waals surface area contributed by atoms with Gasteiger partial charge in [-0.3, -0.25) is 14.1 Å². The minimum atomic E-state index is -3.73. The number of alkyl halides is 2. The summed E-state index contributed by atoms with van der Waals surface area (Å²) < 4.78 is 49.8. The van der Waals surface area contributed by atoms with Crippen LogP contribution < -0.4 is 4.90 Å². The van der Waals surface area contributed by atoms with Crippen molar-refractivity contribution in [1.82, 2.24) is 0 Å². The molecule has 1 heterocycles. The molecule has 0 bridgehead atoms. The molecule has 148 valence electrons. The minimum absolute atomic E-state index is 0.174. The Kier molecular flexibility index (Phi) is 6.24. The Bertz CT molecular complexity index is 764. The Morgan fingerprint density at radius 3 is 2.41 bits per heavy atom. The first-order valence-electron chi connectivity index (χ1n) is 8.37. The number of anilines is 1. The summed E-state index contributed by atoms with van der Waals surface area (Å²) in [5, 5.41) is 0. The molecule has 1 aliphatic rings. The number of rotatable bonds is 6. The van der Waals surface area contributed by atoms with Gasteiger partial charge in [0.2, 0.25) is 4.87 Å². The molecule has 5 nitrogen and oxygen atoms in total. The summed E-state index contributed by atoms with van der Waals surface area (Å²) in [5.41, 5.74) is 0.985. The summed E-state index contributed by atoms with van der Waals surface area (Å²) in [7, 11) is -2.20. The molecule has 8 heteroatoms. The van der Waals surface area contributed by atoms with Gasteiger partial charge in [-0.2, -0.15) is 10.6 Å². The van der Waals surface area contributed by atoms with E-state index in [0.29, 0.717) is 18.3 Å². The Morgan fingerprint density at radius 2 is 1.93 bits per heavy atom. The number of para-hydroxylation sites is 1. The molecule has 1 aromatic carbocycles. The second kappa shape index (κ2) is 7.92. The highest BCUT2D eigenvalue weighted by Gasteiger charge is 2.62. The van der Waals surface area contributed by atoms with Crippen LogP contribution in [0.1, 0.15) is 13.8 Å². The molecule has 0 saturated heterocycles. The van der Waals surface area contributed by atoms with Crippen LogP contribution in [0, 0.1) is 0 Å². The van der Waals surface area contributed by atoms with Crippen molar-refractivity contribution >= 4 is 27.8 Å². The second-order valence-electron chi connectivity index (χ2n) is 6.36. The highest BCUT2D eigenvalue weighted by molar-refractivity contribution is 8.25. The summed E-state index contributed by atoms with van der Waals surface area (Å²) in [6.45, 7) is 2.15. The fourth-order valence-corrected chi connectivity index (χ4v) is 4.18. The summed E-state index contributed by atoms with van der Waals surface area (Å²) >= 11 is 0. The molecule has 0 saturated carbocycles. The van der Waals surface area contributed by atoms with Gasteiger partial charge in [0.05, 0.1) is 12.3 Å². The van der Waals surface area contributed by atoms with Gasteiger partial charge in [0.25, 0.3) is 5.92 Å². The topological polar surface area (TPSA) is 68.4 Å². The lowest BCUT2D eigenvalue weighted by atomic mass is 10.1. The van der Waals surface area contributed by atoms with Gasteiger partial charge in [0.1, 0.15) is 0 Å². The average Bonchev–Trinajstić information content (AvgIpc) is 3.01. The normalized spacial score (nSPS) is 22.7. The zero-order chi connectivity index (χ0) is 20.3. The third-order valence-corrected chi connectivity index (χ3v) is 6.19. The minimum Gasteiger partial charge on any atom is -0.320 e. The standard InChI is InChI=1S/C19H25F2N3O2S/c1-5-6-8-13-16(22-3)17-23-19(18(2,20)21,27(4,25)26)14-24(17)15-11-9-7-10-12-15/h5-13,25-26H,14H2,1-4H3/b6-5-,13-8-,22-16?. The molecular weight excluding hydrogens is 372 g/mol. The van der Waals surface area contributed by atoms with Crippen LogP contribution in [0.4, 0.5) is 14.5 Å². The van der Waals surface area contributed by atoms with Crippen LogP contribution in [0.15, 0.2) is 64.6 Å². The first-order chi connectivity index (χ1) is 12.6. The van der Waals surface area contributed by atoms with Gasteiger partial charge < -0.3 is 4.90 Å². The summed E-state index contributed by atoms with van der Waals surface area (Å²) in [4.78, 5) is 7.55. The Hall–Kier alpha value is -2.03. The highest BCUT2D eigenvalue weighted by atomic mass is 32.3. The van der Waals surface area contributed by atoms with E-state index in [1.807, 2.05) is 19.1 Å². The van der Waals surface area contributed by atoms with E-state index in [9.17, 15) is 17.9 Å². The zero-order valence-corrected chi connectivity index (χ0v) is 16.6. The fourth-order valence-electron chi connectivity index (χ4n) is 2.87. The molecule has 1 aliphatic heterocycles. The van der Waals surface area contributed by atoms with Crippen molar-refractivity contribution in [3.8, 4) is 0 Å². The number of halogens is 2. The lowest BCUT2D eigenvalue weighted by Gasteiger charge is -2.46. The number of benzene rings is 1. The molecule has 27 heavy (non-hydrogen) atoms. The summed E-state index contributed by atoms with van der Waals surface area (Å²) in [5.74, 6) is -3.28. The maximum absolute atomic E-state index is 14.6. The van der Waals surface area contributed by atoms with E-state index >= 15 is 0 Å². The molecule has 0 spiro atoms. The first-order valence-corrected chi connectivity index (χ1v) is 10.3. The van der Waals surface area contributed by atoms with Gasteiger partial charge >= 0.3 is 0 Å². The predicted octanol–water partition coefficient (Wildman–Crippen LogP) is 4.84. The summed E-state index contributed by atoms with van der Waals surface area (Å²) in [6.07, 6.45) is 7.99. The molecular formula is C19H25F2N3O2S. The van der Waals surface area contributed by atoms with Crippen LogP contribution in [0.25, 0.3) is 0 Å². The van der Waals surface area contributed by atoms with E-state index in [-0.39, 0.29) is 12.4 Å². The lowest BCUT2D eigenvalue weighted by molar-refractivity contribution is -0.0188. The monoisotopic (exact) mass is 397 g/mol. The van der Waals surface area contributed by atoms with Crippen LogP contribution in [0.3, 0.4) is 0 Å². The average molecular weight is 397 g/mol. The number of hydrogen-bond acceptors (Lipinski definition) is 5. The molecule has 0 amide bonds. The van der Waals surface area contributed by atoms with E-state index in [4.69, 9.17) is 0 Å². The van der Waals surface area contributed by atoms with E-state index in [0.717, 1.165) is 6.26 Å². The van der Waals surface area contributed by atoms with Crippen molar-refractivity contribution in [3.05, 3.63) is 54.6 Å². The Labute approximate surface area is 160 Å². The van der Waals surface area contributed by atoms with E-state index in [1.165, 1.54) is 7.05 Å². The zero-order valence-electron chi connectivity index (χ0n) is 15.8. The number of hydrogen-bond donors (Lipinski definition) is 2. The molecule has 1 unspecified atom stereocenters. The van der Waals surface area contributed by atoms with Crippen molar-refractivity contribution in [2.75, 3.05) is 24.7 Å². The maximum atomic E-state index is 14.6. The molecule has 1 aromatic rings. The number of allylic oxidation sites excluding steroid dienone is 3. The summed E-state index contributed by atoms with van der Waals surface area (Å²) in [6, 6.07) is 8.87. The number of amidine groups is 1. The van der Waals surface area contributed by atoms with Crippen LogP contribution in [-0.4, -0.2) is 51.3 Å². The lowest BCUT2D eigenvalue weighted by Crippen LogP contribution is -2.51. The molecule has 0 radical (unpaired) electrons. The van der Waals surface area contributed by atoms with Crippen molar-refractivity contribution in [2.24, 2.45) is 9.98 Å². The van der Waals surface area contributed by atoms with Crippen molar-refractivity contribution in [3.63, 3.8) is 0 Å². The smallest absolute Gasteiger partial charge is 0.289 e. The van der Waals surface area contributed by atoms with Gasteiger partial charge in [-0.05, 0) is 25.1 Å². The largest absolute Gasteiger partial charge is 0.320 e. The third-order valence-electron chi connectivity index (χ3n) is 4.34.